The van der Waals surface area contributed by atoms with Crippen LogP contribution < -0.4 is 5.32 Å². The molecular formula is C11H11ClN6O. The monoisotopic (exact) mass is 278 g/mol. The molecule has 0 aliphatic carbocycles. The first-order chi connectivity index (χ1) is 9.15. The molecule has 0 spiro atoms. The first-order valence-electron chi connectivity index (χ1n) is 5.67. The second-order valence-electron chi connectivity index (χ2n) is 4.10. The van der Waals surface area contributed by atoms with Crippen molar-refractivity contribution >= 4 is 28.6 Å². The lowest BCUT2D eigenvalue weighted by molar-refractivity contribution is 0.392. The Hall–Kier alpha value is -2.15. The summed E-state index contributed by atoms with van der Waals surface area (Å²) in [5, 5.41) is 7.25. The highest BCUT2D eigenvalue weighted by molar-refractivity contribution is 6.28. The molecule has 7 nitrogen and oxygen atoms in total. The fourth-order valence-electron chi connectivity index (χ4n) is 1.86. The molecule has 3 aromatic heterocycles. The molecule has 98 valence electrons. The van der Waals surface area contributed by atoms with Crippen LogP contribution in [-0.2, 0) is 6.54 Å². The lowest BCUT2D eigenvalue weighted by atomic mass is 10.2. The number of nitrogens with zero attached hydrogens (tertiary/aromatic N) is 4. The summed E-state index contributed by atoms with van der Waals surface area (Å²) < 4.78 is 5.11. The van der Waals surface area contributed by atoms with Gasteiger partial charge >= 0.3 is 0 Å². The van der Waals surface area contributed by atoms with E-state index in [9.17, 15) is 0 Å². The van der Waals surface area contributed by atoms with Crippen molar-refractivity contribution in [3.8, 4) is 0 Å². The molecule has 3 aromatic rings. The van der Waals surface area contributed by atoms with Crippen LogP contribution in [0.2, 0.25) is 5.28 Å². The van der Waals surface area contributed by atoms with E-state index in [1.54, 1.807) is 6.33 Å². The number of aromatic nitrogens is 5. The Morgan fingerprint density at radius 1 is 1.37 bits per heavy atom. The molecule has 0 aliphatic heterocycles. The number of aromatic amines is 1. The Bertz CT molecular complexity index is 714. The molecule has 3 heterocycles. The minimum Gasteiger partial charge on any atom is -0.364 e. The van der Waals surface area contributed by atoms with Crippen LogP contribution in [0.25, 0.3) is 11.2 Å². The minimum atomic E-state index is 0.154. The summed E-state index contributed by atoms with van der Waals surface area (Å²) in [6.45, 7) is 4.31. The van der Waals surface area contributed by atoms with Crippen molar-refractivity contribution in [3.63, 3.8) is 0 Å². The van der Waals surface area contributed by atoms with Crippen LogP contribution >= 0.6 is 11.6 Å². The summed E-state index contributed by atoms with van der Waals surface area (Å²) in [4.78, 5) is 15.2. The van der Waals surface area contributed by atoms with Crippen LogP contribution in [0.1, 0.15) is 17.0 Å². The fourth-order valence-corrected chi connectivity index (χ4v) is 2.03. The third-order valence-electron chi connectivity index (χ3n) is 2.87. The van der Waals surface area contributed by atoms with Crippen LogP contribution in [0.3, 0.4) is 0 Å². The Labute approximate surface area is 113 Å². The lowest BCUT2D eigenvalue weighted by Gasteiger charge is -2.06. The van der Waals surface area contributed by atoms with Crippen LogP contribution in [0.4, 0.5) is 5.82 Å². The average molecular weight is 279 g/mol. The zero-order chi connectivity index (χ0) is 13.4. The van der Waals surface area contributed by atoms with Gasteiger partial charge in [0.25, 0.3) is 0 Å². The van der Waals surface area contributed by atoms with Crippen molar-refractivity contribution in [2.24, 2.45) is 0 Å². The highest BCUT2D eigenvalue weighted by Gasteiger charge is 2.12. The van der Waals surface area contributed by atoms with Crippen molar-refractivity contribution in [2.45, 2.75) is 20.4 Å². The fraction of sp³-hybridized carbons (Fsp3) is 0.273. The van der Waals surface area contributed by atoms with Crippen LogP contribution in [0.5, 0.6) is 0 Å². The Morgan fingerprint density at radius 3 is 2.95 bits per heavy atom. The molecule has 0 aliphatic rings. The van der Waals surface area contributed by atoms with E-state index >= 15 is 0 Å². The topological polar surface area (TPSA) is 92.5 Å². The zero-order valence-electron chi connectivity index (χ0n) is 10.4. The number of aryl methyl sites for hydroxylation is 2. The second kappa shape index (κ2) is 4.51. The number of anilines is 1. The first kappa shape index (κ1) is 11.9. The lowest BCUT2D eigenvalue weighted by Crippen LogP contribution is -2.04. The molecule has 0 aromatic carbocycles. The van der Waals surface area contributed by atoms with Gasteiger partial charge in [-0.05, 0) is 25.4 Å². The maximum atomic E-state index is 5.86. The number of fused-ring (bicyclic) bond motifs is 1. The summed E-state index contributed by atoms with van der Waals surface area (Å²) in [5.74, 6) is 1.39. The van der Waals surface area contributed by atoms with Crippen LogP contribution in [0.15, 0.2) is 10.9 Å². The number of nitrogens with one attached hydrogen (secondary N) is 2. The van der Waals surface area contributed by atoms with Gasteiger partial charge in [-0.15, -0.1) is 0 Å². The van der Waals surface area contributed by atoms with Gasteiger partial charge in [-0.2, -0.15) is 9.97 Å². The van der Waals surface area contributed by atoms with E-state index in [1.807, 2.05) is 13.8 Å². The van der Waals surface area contributed by atoms with E-state index in [-0.39, 0.29) is 5.28 Å². The summed E-state index contributed by atoms with van der Waals surface area (Å²) in [7, 11) is 0. The number of halogens is 1. The van der Waals surface area contributed by atoms with Crippen molar-refractivity contribution in [1.29, 1.82) is 0 Å². The SMILES string of the molecule is Cc1noc(C)c1CNc1nc(Cl)nc2nc[nH]c12. The summed E-state index contributed by atoms with van der Waals surface area (Å²) in [6, 6.07) is 0. The molecule has 0 saturated carbocycles. The van der Waals surface area contributed by atoms with Crippen LogP contribution in [-0.4, -0.2) is 25.1 Å². The third kappa shape index (κ3) is 2.12. The molecule has 0 amide bonds. The largest absolute Gasteiger partial charge is 0.364 e. The molecular weight excluding hydrogens is 268 g/mol. The summed E-state index contributed by atoms with van der Waals surface area (Å²) in [6.07, 6.45) is 1.55. The Kier molecular flexibility index (Phi) is 2.83. The second-order valence-corrected chi connectivity index (χ2v) is 4.44. The minimum absolute atomic E-state index is 0.154. The summed E-state index contributed by atoms with van der Waals surface area (Å²) >= 11 is 5.86. The van der Waals surface area contributed by atoms with E-state index in [0.29, 0.717) is 18.0 Å². The average Bonchev–Trinajstić information content (AvgIpc) is 2.95. The first-order valence-corrected chi connectivity index (χ1v) is 6.05. The van der Waals surface area contributed by atoms with Gasteiger partial charge in [0.05, 0.1) is 12.0 Å². The standard InChI is InChI=1S/C11H11ClN6O/c1-5-7(6(2)19-18-5)3-13-9-8-10(15-4-14-8)17-11(12)16-9/h4H,3H2,1-2H3,(H2,13,14,15,16,17). The maximum Gasteiger partial charge on any atom is 0.226 e. The summed E-state index contributed by atoms with van der Waals surface area (Å²) in [5.41, 5.74) is 3.10. The smallest absolute Gasteiger partial charge is 0.226 e. The molecule has 0 radical (unpaired) electrons. The highest BCUT2D eigenvalue weighted by Crippen LogP contribution is 2.20. The van der Waals surface area contributed by atoms with E-state index in [4.69, 9.17) is 16.1 Å². The van der Waals surface area contributed by atoms with E-state index in [2.05, 4.69) is 30.4 Å². The molecule has 3 rings (SSSR count). The van der Waals surface area contributed by atoms with Gasteiger partial charge in [0.1, 0.15) is 11.3 Å². The predicted octanol–water partition coefficient (Wildman–Crippen LogP) is 2.22. The van der Waals surface area contributed by atoms with Gasteiger partial charge in [-0.3, -0.25) is 0 Å². The van der Waals surface area contributed by atoms with Gasteiger partial charge in [0.2, 0.25) is 5.28 Å². The van der Waals surface area contributed by atoms with Crippen molar-refractivity contribution in [3.05, 3.63) is 28.6 Å². The normalized spacial score (nSPS) is 11.1. The van der Waals surface area contributed by atoms with Crippen LogP contribution in [0, 0.1) is 13.8 Å². The highest BCUT2D eigenvalue weighted by atomic mass is 35.5. The number of rotatable bonds is 3. The van der Waals surface area contributed by atoms with Gasteiger partial charge < -0.3 is 14.8 Å². The number of H-pyrrole nitrogens is 1. The van der Waals surface area contributed by atoms with E-state index in [0.717, 1.165) is 22.5 Å². The molecule has 2 N–H and O–H groups in total. The van der Waals surface area contributed by atoms with Crippen molar-refractivity contribution in [2.75, 3.05) is 5.32 Å². The Morgan fingerprint density at radius 2 is 2.21 bits per heavy atom. The van der Waals surface area contributed by atoms with Crippen molar-refractivity contribution in [1.82, 2.24) is 25.1 Å². The molecule has 19 heavy (non-hydrogen) atoms. The third-order valence-corrected chi connectivity index (χ3v) is 3.04. The van der Waals surface area contributed by atoms with Gasteiger partial charge in [-0.25, -0.2) is 4.98 Å². The van der Waals surface area contributed by atoms with E-state index < -0.39 is 0 Å². The number of hydrogen-bond acceptors (Lipinski definition) is 6. The molecule has 8 heteroatoms. The van der Waals surface area contributed by atoms with Gasteiger partial charge in [0, 0.05) is 12.1 Å². The molecule has 0 fully saturated rings. The zero-order valence-corrected chi connectivity index (χ0v) is 11.1. The Balaban J connectivity index is 1.91. The van der Waals surface area contributed by atoms with Crippen molar-refractivity contribution < 1.29 is 4.52 Å². The number of hydrogen-bond donors (Lipinski definition) is 2. The molecule has 0 bridgehead atoms. The molecule has 0 unspecified atom stereocenters. The number of imidazole rings is 1. The van der Waals surface area contributed by atoms with Gasteiger partial charge in [0.15, 0.2) is 11.5 Å². The maximum absolute atomic E-state index is 5.86. The predicted molar refractivity (Wildman–Crippen MR) is 70.0 cm³/mol. The van der Waals surface area contributed by atoms with Gasteiger partial charge in [-0.1, -0.05) is 5.16 Å². The molecule has 0 saturated heterocycles. The molecule has 0 atom stereocenters. The van der Waals surface area contributed by atoms with E-state index in [1.165, 1.54) is 0 Å². The quantitative estimate of drug-likeness (QED) is 0.714.